The number of nitro benzene ring substituents is 1. The van der Waals surface area contributed by atoms with Crippen LogP contribution in [0.2, 0.25) is 5.02 Å². The van der Waals surface area contributed by atoms with Crippen molar-refractivity contribution in [2.45, 2.75) is 26.2 Å². The molecule has 39 heavy (non-hydrogen) atoms. The van der Waals surface area contributed by atoms with Crippen molar-refractivity contribution in [3.63, 3.8) is 0 Å². The minimum atomic E-state index is -0.667. The van der Waals surface area contributed by atoms with Crippen LogP contribution in [-0.2, 0) is 4.79 Å². The molecular formula is C27H23BrClN5O5. The van der Waals surface area contributed by atoms with E-state index in [2.05, 4.69) is 31.3 Å². The molecule has 0 fully saturated rings. The van der Waals surface area contributed by atoms with E-state index >= 15 is 0 Å². The Labute approximate surface area is 236 Å². The number of halogens is 2. The van der Waals surface area contributed by atoms with Gasteiger partial charge in [0.1, 0.15) is 5.82 Å². The number of aromatic nitrogens is 2. The number of nitrogens with zero attached hydrogens (tertiary/aromatic N) is 4. The van der Waals surface area contributed by atoms with Gasteiger partial charge in [-0.15, -0.1) is 0 Å². The van der Waals surface area contributed by atoms with E-state index in [-0.39, 0.29) is 27.8 Å². The molecule has 0 unspecified atom stereocenters. The van der Waals surface area contributed by atoms with Gasteiger partial charge in [-0.25, -0.2) is 4.98 Å². The molecule has 0 saturated carbocycles. The third-order valence-corrected chi connectivity index (χ3v) is 6.63. The molecule has 0 aliphatic carbocycles. The van der Waals surface area contributed by atoms with Gasteiger partial charge >= 0.3 is 5.69 Å². The van der Waals surface area contributed by atoms with Crippen LogP contribution in [0.3, 0.4) is 0 Å². The molecule has 1 aromatic heterocycles. The summed E-state index contributed by atoms with van der Waals surface area (Å²) in [6.07, 6.45) is 2.01. The zero-order chi connectivity index (χ0) is 28.1. The molecule has 200 valence electrons. The number of carbonyl (C=O) groups is 1. The number of benzene rings is 3. The third-order valence-electron chi connectivity index (χ3n) is 5.86. The molecule has 0 aliphatic rings. The number of nitro groups is 1. The maximum absolute atomic E-state index is 13.3. The molecule has 1 heterocycles. The van der Waals surface area contributed by atoms with Crippen LogP contribution in [-0.4, -0.2) is 33.3 Å². The minimum absolute atomic E-state index is 0.0846. The second-order valence-electron chi connectivity index (χ2n) is 8.61. The summed E-state index contributed by atoms with van der Waals surface area (Å²) in [5, 5.41) is 19.0. The van der Waals surface area contributed by atoms with E-state index in [1.54, 1.807) is 48.5 Å². The molecule has 3 aromatic carbocycles. The van der Waals surface area contributed by atoms with E-state index in [0.29, 0.717) is 28.8 Å². The number of para-hydroxylation sites is 1. The lowest BCUT2D eigenvalue weighted by molar-refractivity contribution is -0.385. The lowest BCUT2D eigenvalue weighted by Crippen LogP contribution is -2.23. The van der Waals surface area contributed by atoms with Crippen LogP contribution in [0.1, 0.15) is 37.6 Å². The second kappa shape index (κ2) is 12.2. The van der Waals surface area contributed by atoms with E-state index in [9.17, 15) is 19.7 Å². The second-order valence-corrected chi connectivity index (χ2v) is 9.94. The standard InChI is InChI=1S/C27H23BrClN5O5/c1-3-16(2)26-32-22-10-9-18(28)13-20(22)27(36)33(26)30-14-17-11-21(29)25(23(12-17)34(37)38)39-15-24(35)31-19-7-5-4-6-8-19/h4-14,16H,3,15H2,1-2H3,(H,31,35)/t16-/m1/s1. The summed E-state index contributed by atoms with van der Waals surface area (Å²) in [6.45, 7) is 3.41. The minimum Gasteiger partial charge on any atom is -0.476 e. The predicted molar refractivity (Wildman–Crippen MR) is 154 cm³/mol. The van der Waals surface area contributed by atoms with Crippen LogP contribution in [0.5, 0.6) is 5.75 Å². The lowest BCUT2D eigenvalue weighted by Gasteiger charge is -2.14. The van der Waals surface area contributed by atoms with Crippen LogP contribution >= 0.6 is 27.5 Å². The number of ether oxygens (including phenoxy) is 1. The first kappa shape index (κ1) is 27.9. The highest BCUT2D eigenvalue weighted by Crippen LogP contribution is 2.36. The van der Waals surface area contributed by atoms with Gasteiger partial charge in [0.25, 0.3) is 11.5 Å². The topological polar surface area (TPSA) is 129 Å². The van der Waals surface area contributed by atoms with Crippen molar-refractivity contribution >= 4 is 61.9 Å². The Morgan fingerprint density at radius 3 is 2.69 bits per heavy atom. The Bertz CT molecular complexity index is 1640. The summed E-state index contributed by atoms with van der Waals surface area (Å²) in [5.74, 6) is -0.390. The van der Waals surface area contributed by atoms with E-state index in [4.69, 9.17) is 16.3 Å². The van der Waals surface area contributed by atoms with Crippen molar-refractivity contribution in [2.75, 3.05) is 11.9 Å². The Balaban J connectivity index is 1.66. The molecule has 0 aliphatic heterocycles. The monoisotopic (exact) mass is 611 g/mol. The summed E-state index contributed by atoms with van der Waals surface area (Å²) >= 11 is 9.70. The van der Waals surface area contributed by atoms with Gasteiger partial charge in [0.05, 0.1) is 27.1 Å². The van der Waals surface area contributed by atoms with Crippen LogP contribution in [0.25, 0.3) is 10.9 Å². The first-order valence-corrected chi connectivity index (χ1v) is 13.1. The van der Waals surface area contributed by atoms with Crippen LogP contribution in [0.15, 0.2) is 75.0 Å². The fourth-order valence-electron chi connectivity index (χ4n) is 3.71. The molecule has 1 atom stereocenters. The van der Waals surface area contributed by atoms with Gasteiger partial charge in [-0.1, -0.05) is 59.6 Å². The fourth-order valence-corrected chi connectivity index (χ4v) is 4.35. The maximum Gasteiger partial charge on any atom is 0.313 e. The molecule has 1 N–H and O–H groups in total. The summed E-state index contributed by atoms with van der Waals surface area (Å²) in [4.78, 5) is 41.3. The SMILES string of the molecule is CC[C@@H](C)c1nc2ccc(Br)cc2c(=O)n1N=Cc1cc(Cl)c(OCC(=O)Nc2ccccc2)c([N+](=O)[O-])c1. The highest BCUT2D eigenvalue weighted by atomic mass is 79.9. The van der Waals surface area contributed by atoms with Crippen LogP contribution in [0, 0.1) is 10.1 Å². The van der Waals surface area contributed by atoms with Crippen LogP contribution in [0.4, 0.5) is 11.4 Å². The van der Waals surface area contributed by atoms with E-state index < -0.39 is 23.1 Å². The molecule has 4 rings (SSSR count). The average molecular weight is 613 g/mol. The molecule has 4 aromatic rings. The van der Waals surface area contributed by atoms with Gasteiger partial charge in [0.2, 0.25) is 5.75 Å². The predicted octanol–water partition coefficient (Wildman–Crippen LogP) is 6.13. The Hall–Kier alpha value is -4.09. The van der Waals surface area contributed by atoms with Gasteiger partial charge in [0, 0.05) is 27.7 Å². The number of fused-ring (bicyclic) bond motifs is 1. The van der Waals surface area contributed by atoms with Gasteiger partial charge in [0.15, 0.2) is 6.61 Å². The maximum atomic E-state index is 13.3. The smallest absolute Gasteiger partial charge is 0.313 e. The number of carbonyl (C=O) groups excluding carboxylic acids is 1. The molecule has 0 radical (unpaired) electrons. The van der Waals surface area contributed by atoms with E-state index in [1.165, 1.54) is 23.0 Å². The summed E-state index contributed by atoms with van der Waals surface area (Å²) < 4.78 is 7.34. The fraction of sp³-hybridized carbons (Fsp3) is 0.185. The molecule has 0 bridgehead atoms. The first-order valence-electron chi connectivity index (χ1n) is 11.9. The number of amides is 1. The number of anilines is 1. The van der Waals surface area contributed by atoms with Crippen molar-refractivity contribution < 1.29 is 14.5 Å². The van der Waals surface area contributed by atoms with Crippen molar-refractivity contribution in [1.82, 2.24) is 9.66 Å². The van der Waals surface area contributed by atoms with Crippen molar-refractivity contribution in [2.24, 2.45) is 5.10 Å². The van der Waals surface area contributed by atoms with Crippen molar-refractivity contribution in [1.29, 1.82) is 0 Å². The summed E-state index contributed by atoms with van der Waals surface area (Å²) in [6, 6.07) is 16.5. The first-order chi connectivity index (χ1) is 18.7. The zero-order valence-corrected chi connectivity index (χ0v) is 23.3. The molecule has 1 amide bonds. The van der Waals surface area contributed by atoms with Gasteiger partial charge in [-0.3, -0.25) is 19.7 Å². The molecule has 0 spiro atoms. The van der Waals surface area contributed by atoms with E-state index in [0.717, 1.165) is 4.47 Å². The average Bonchev–Trinajstić information content (AvgIpc) is 2.91. The Kier molecular flexibility index (Phi) is 8.72. The summed E-state index contributed by atoms with van der Waals surface area (Å²) in [5.41, 5.74) is 0.524. The largest absolute Gasteiger partial charge is 0.476 e. The molecule has 10 nitrogen and oxygen atoms in total. The van der Waals surface area contributed by atoms with Crippen LogP contribution < -0.4 is 15.6 Å². The zero-order valence-electron chi connectivity index (χ0n) is 20.9. The van der Waals surface area contributed by atoms with Gasteiger partial charge in [-0.05, 0) is 42.8 Å². The quantitative estimate of drug-likeness (QED) is 0.137. The Morgan fingerprint density at radius 2 is 2.00 bits per heavy atom. The van der Waals surface area contributed by atoms with E-state index in [1.807, 2.05) is 13.8 Å². The Morgan fingerprint density at radius 1 is 1.26 bits per heavy atom. The van der Waals surface area contributed by atoms with Crippen molar-refractivity contribution in [3.8, 4) is 5.75 Å². The highest BCUT2D eigenvalue weighted by Gasteiger charge is 2.22. The number of hydrogen-bond acceptors (Lipinski definition) is 7. The third kappa shape index (κ3) is 6.50. The highest BCUT2D eigenvalue weighted by molar-refractivity contribution is 9.10. The molecule has 0 saturated heterocycles. The van der Waals surface area contributed by atoms with Gasteiger partial charge < -0.3 is 10.1 Å². The normalized spacial score (nSPS) is 12.0. The number of nitrogens with one attached hydrogen (secondary N) is 1. The molecule has 12 heteroatoms. The number of rotatable bonds is 9. The molecular weight excluding hydrogens is 590 g/mol. The van der Waals surface area contributed by atoms with Gasteiger partial charge in [-0.2, -0.15) is 9.78 Å². The number of hydrogen-bond donors (Lipinski definition) is 1. The summed E-state index contributed by atoms with van der Waals surface area (Å²) in [7, 11) is 0. The lowest BCUT2D eigenvalue weighted by atomic mass is 10.1. The van der Waals surface area contributed by atoms with Crippen molar-refractivity contribution in [3.05, 3.63) is 102 Å².